The molecule has 88 valence electrons. The van der Waals surface area contributed by atoms with Crippen molar-refractivity contribution in [3.05, 3.63) is 0 Å². The lowest BCUT2D eigenvalue weighted by atomic mass is 9.82. The van der Waals surface area contributed by atoms with Crippen molar-refractivity contribution in [2.75, 3.05) is 26.9 Å². The minimum atomic E-state index is -0.906. The Bertz CT molecular complexity index is 208. The molecule has 2 unspecified atom stereocenters. The molecule has 1 fully saturated rings. The van der Waals surface area contributed by atoms with Crippen LogP contribution in [-0.2, 0) is 14.3 Å². The number of methoxy groups -OCH3 is 1. The third kappa shape index (κ3) is 2.68. The van der Waals surface area contributed by atoms with Crippen LogP contribution in [0.15, 0.2) is 0 Å². The van der Waals surface area contributed by atoms with Crippen molar-refractivity contribution in [1.82, 2.24) is 0 Å². The van der Waals surface area contributed by atoms with E-state index in [0.717, 1.165) is 12.8 Å². The van der Waals surface area contributed by atoms with Crippen molar-refractivity contribution in [1.29, 1.82) is 0 Å². The minimum Gasteiger partial charge on any atom is -0.481 e. The van der Waals surface area contributed by atoms with Gasteiger partial charge < -0.3 is 20.3 Å². The van der Waals surface area contributed by atoms with Crippen LogP contribution >= 0.6 is 0 Å². The summed E-state index contributed by atoms with van der Waals surface area (Å²) in [6.45, 7) is 0.965. The fourth-order valence-corrected chi connectivity index (χ4v) is 2.15. The van der Waals surface area contributed by atoms with Crippen molar-refractivity contribution in [3.8, 4) is 0 Å². The number of nitrogens with two attached hydrogens (primary N) is 1. The molecule has 1 aliphatic rings. The van der Waals surface area contributed by atoms with Gasteiger partial charge in [0.1, 0.15) is 11.5 Å². The van der Waals surface area contributed by atoms with Crippen LogP contribution in [0.2, 0.25) is 0 Å². The molecule has 0 aliphatic carbocycles. The quantitative estimate of drug-likeness (QED) is 0.689. The molecule has 0 amide bonds. The molecule has 3 N–H and O–H groups in total. The van der Waals surface area contributed by atoms with Crippen LogP contribution in [0.4, 0.5) is 0 Å². The molecule has 15 heavy (non-hydrogen) atoms. The first kappa shape index (κ1) is 12.4. The van der Waals surface area contributed by atoms with Crippen molar-refractivity contribution >= 4 is 5.97 Å². The molecule has 1 rings (SSSR count). The maximum absolute atomic E-state index is 11.1. The van der Waals surface area contributed by atoms with Crippen LogP contribution in [0.3, 0.4) is 0 Å². The number of rotatable bonds is 5. The third-order valence-corrected chi connectivity index (χ3v) is 2.94. The van der Waals surface area contributed by atoms with Gasteiger partial charge in [0, 0.05) is 20.3 Å². The number of hydrogen-bond donors (Lipinski definition) is 2. The highest BCUT2D eigenvalue weighted by Gasteiger charge is 2.44. The lowest BCUT2D eigenvalue weighted by Gasteiger charge is -2.40. The number of carboxylic acids is 1. The second-order valence-corrected chi connectivity index (χ2v) is 3.93. The first-order valence-corrected chi connectivity index (χ1v) is 5.22. The molecular weight excluding hydrogens is 198 g/mol. The Balaban J connectivity index is 2.81. The third-order valence-electron chi connectivity index (χ3n) is 2.94. The molecule has 0 bridgehead atoms. The molecule has 5 nitrogen and oxygen atoms in total. The van der Waals surface area contributed by atoms with Gasteiger partial charge >= 0.3 is 5.97 Å². The average molecular weight is 217 g/mol. The summed E-state index contributed by atoms with van der Waals surface area (Å²) in [5, 5.41) is 9.10. The highest BCUT2D eigenvalue weighted by atomic mass is 16.5. The average Bonchev–Trinajstić information content (AvgIpc) is 2.19. The Hall–Kier alpha value is -0.650. The van der Waals surface area contributed by atoms with Gasteiger partial charge in [-0.2, -0.15) is 0 Å². The van der Waals surface area contributed by atoms with E-state index in [-0.39, 0.29) is 6.54 Å². The van der Waals surface area contributed by atoms with E-state index in [9.17, 15) is 4.79 Å². The zero-order valence-corrected chi connectivity index (χ0v) is 9.07. The van der Waals surface area contributed by atoms with E-state index in [4.69, 9.17) is 20.3 Å². The summed E-state index contributed by atoms with van der Waals surface area (Å²) in [6.07, 6.45) is 2.64. The van der Waals surface area contributed by atoms with Gasteiger partial charge in [0.2, 0.25) is 0 Å². The highest BCUT2D eigenvalue weighted by Crippen LogP contribution is 2.32. The van der Waals surface area contributed by atoms with Crippen LogP contribution in [0, 0.1) is 5.92 Å². The van der Waals surface area contributed by atoms with Crippen LogP contribution in [0.1, 0.15) is 19.3 Å². The highest BCUT2D eigenvalue weighted by molar-refractivity contribution is 5.72. The summed E-state index contributed by atoms with van der Waals surface area (Å²) in [5.74, 6) is -1.59. The largest absolute Gasteiger partial charge is 0.481 e. The zero-order chi connectivity index (χ0) is 11.3. The Labute approximate surface area is 89.5 Å². The van der Waals surface area contributed by atoms with Crippen LogP contribution in [0.5, 0.6) is 0 Å². The van der Waals surface area contributed by atoms with Gasteiger partial charge in [-0.25, -0.2) is 0 Å². The van der Waals surface area contributed by atoms with Crippen molar-refractivity contribution in [3.63, 3.8) is 0 Å². The number of hydrogen-bond acceptors (Lipinski definition) is 4. The summed E-state index contributed by atoms with van der Waals surface area (Å²) in [4.78, 5) is 11.1. The second kappa shape index (κ2) is 5.44. The maximum Gasteiger partial charge on any atom is 0.310 e. The zero-order valence-electron chi connectivity index (χ0n) is 9.07. The van der Waals surface area contributed by atoms with Gasteiger partial charge in [-0.1, -0.05) is 0 Å². The fourth-order valence-electron chi connectivity index (χ4n) is 2.15. The molecule has 0 aromatic rings. The Morgan fingerprint density at radius 2 is 2.40 bits per heavy atom. The molecule has 0 aromatic heterocycles. The Morgan fingerprint density at radius 1 is 1.67 bits per heavy atom. The fraction of sp³-hybridized carbons (Fsp3) is 0.900. The van der Waals surface area contributed by atoms with E-state index in [1.54, 1.807) is 7.11 Å². The van der Waals surface area contributed by atoms with Crippen molar-refractivity contribution in [2.24, 2.45) is 11.7 Å². The maximum atomic E-state index is 11.1. The summed E-state index contributed by atoms with van der Waals surface area (Å²) in [5.41, 5.74) is 4.78. The first-order chi connectivity index (χ1) is 7.16. The molecule has 5 heteroatoms. The monoisotopic (exact) mass is 217 g/mol. The van der Waals surface area contributed by atoms with E-state index >= 15 is 0 Å². The standard InChI is InChI=1S/C10H19NO4/c1-14-7-10(4-2-3-5-15-10)8(6-11)9(12)13/h8H,2-7,11H2,1H3,(H,12,13). The van der Waals surface area contributed by atoms with Crippen molar-refractivity contribution in [2.45, 2.75) is 24.9 Å². The van der Waals surface area contributed by atoms with Gasteiger partial charge in [-0.05, 0) is 19.3 Å². The van der Waals surface area contributed by atoms with E-state index in [2.05, 4.69) is 0 Å². The Kier molecular flexibility index (Phi) is 4.50. The molecule has 0 saturated carbocycles. The number of aliphatic carboxylic acids is 1. The van der Waals surface area contributed by atoms with E-state index in [1.807, 2.05) is 0 Å². The molecule has 2 atom stereocenters. The smallest absolute Gasteiger partial charge is 0.310 e. The Morgan fingerprint density at radius 3 is 2.80 bits per heavy atom. The second-order valence-electron chi connectivity index (χ2n) is 3.93. The van der Waals surface area contributed by atoms with Crippen LogP contribution in [-0.4, -0.2) is 43.5 Å². The van der Waals surface area contributed by atoms with Gasteiger partial charge in [0.25, 0.3) is 0 Å². The summed E-state index contributed by atoms with van der Waals surface area (Å²) < 4.78 is 10.7. The van der Waals surface area contributed by atoms with Gasteiger partial charge in [0.05, 0.1) is 6.61 Å². The number of carboxylic acid groups (broad SMARTS) is 1. The molecule has 0 aromatic carbocycles. The minimum absolute atomic E-state index is 0.0820. The molecule has 0 spiro atoms. The lowest BCUT2D eigenvalue weighted by molar-refractivity contribution is -0.175. The first-order valence-electron chi connectivity index (χ1n) is 5.22. The van der Waals surface area contributed by atoms with Gasteiger partial charge in [-0.3, -0.25) is 4.79 Å². The molecule has 1 saturated heterocycles. The van der Waals surface area contributed by atoms with E-state index in [1.165, 1.54) is 0 Å². The van der Waals surface area contributed by atoms with Crippen LogP contribution < -0.4 is 5.73 Å². The van der Waals surface area contributed by atoms with Gasteiger partial charge in [-0.15, -0.1) is 0 Å². The molecule has 0 radical (unpaired) electrons. The van der Waals surface area contributed by atoms with Crippen molar-refractivity contribution < 1.29 is 19.4 Å². The number of ether oxygens (including phenoxy) is 2. The SMILES string of the molecule is COCC1(C(CN)C(=O)O)CCCCO1. The molecular formula is C10H19NO4. The molecule has 1 aliphatic heterocycles. The lowest BCUT2D eigenvalue weighted by Crippen LogP contribution is -2.53. The normalized spacial score (nSPS) is 28.7. The predicted molar refractivity (Wildman–Crippen MR) is 54.6 cm³/mol. The predicted octanol–water partition coefficient (Wildman–Crippen LogP) is 0.232. The van der Waals surface area contributed by atoms with E-state index in [0.29, 0.717) is 19.6 Å². The van der Waals surface area contributed by atoms with Crippen LogP contribution in [0.25, 0.3) is 0 Å². The topological polar surface area (TPSA) is 81.8 Å². The number of carbonyl (C=O) groups is 1. The summed E-state index contributed by atoms with van der Waals surface area (Å²) in [6, 6.07) is 0. The van der Waals surface area contributed by atoms with Gasteiger partial charge in [0.15, 0.2) is 0 Å². The summed E-state index contributed by atoms with van der Waals surface area (Å²) in [7, 11) is 1.55. The molecule has 1 heterocycles. The van der Waals surface area contributed by atoms with E-state index < -0.39 is 17.5 Å². The summed E-state index contributed by atoms with van der Waals surface area (Å²) >= 11 is 0.